The molecule has 0 aromatic heterocycles. The molecular weight excluding hydrogens is 363 g/mol. The van der Waals surface area contributed by atoms with Crippen LogP contribution in [0.3, 0.4) is 0 Å². The summed E-state index contributed by atoms with van der Waals surface area (Å²) in [7, 11) is 0. The van der Waals surface area contributed by atoms with Gasteiger partial charge in [0.1, 0.15) is 11.6 Å². The van der Waals surface area contributed by atoms with E-state index in [1.165, 1.54) is 28.8 Å². The molecule has 0 radical (unpaired) electrons. The van der Waals surface area contributed by atoms with Gasteiger partial charge in [-0.05, 0) is 36.6 Å². The highest BCUT2D eigenvalue weighted by molar-refractivity contribution is 7.99. The zero-order valence-corrected chi connectivity index (χ0v) is 14.8. The van der Waals surface area contributed by atoms with Crippen molar-refractivity contribution >= 4 is 23.4 Å². The summed E-state index contributed by atoms with van der Waals surface area (Å²) in [6.45, 7) is -2.49. The predicted molar refractivity (Wildman–Crippen MR) is 95.5 cm³/mol. The molecule has 0 unspecified atom stereocenters. The number of amides is 1. The van der Waals surface area contributed by atoms with E-state index < -0.39 is 6.61 Å². The van der Waals surface area contributed by atoms with Crippen molar-refractivity contribution < 1.29 is 22.7 Å². The van der Waals surface area contributed by atoms with E-state index in [1.807, 2.05) is 6.07 Å². The molecule has 0 bridgehead atoms. The molecule has 3 rings (SSSR count). The zero-order chi connectivity index (χ0) is 18.5. The van der Waals surface area contributed by atoms with Crippen molar-refractivity contribution in [1.29, 1.82) is 0 Å². The van der Waals surface area contributed by atoms with Crippen LogP contribution in [-0.4, -0.2) is 24.8 Å². The molecule has 26 heavy (non-hydrogen) atoms. The predicted octanol–water partition coefficient (Wildman–Crippen LogP) is 4.89. The molecule has 1 aliphatic rings. The minimum atomic E-state index is -2.95. The van der Waals surface area contributed by atoms with Gasteiger partial charge in [0.2, 0.25) is 5.91 Å². The number of carbonyl (C=O) groups is 1. The molecule has 0 spiro atoms. The molecule has 2 aromatic carbocycles. The fraction of sp³-hybridized carbons (Fsp3) is 0.316. The first kappa shape index (κ1) is 18.6. The first-order valence-corrected chi connectivity index (χ1v) is 9.29. The highest BCUT2D eigenvalue weighted by Crippen LogP contribution is 2.37. The van der Waals surface area contributed by atoms with Crippen LogP contribution in [0.25, 0.3) is 0 Å². The lowest BCUT2D eigenvalue weighted by Crippen LogP contribution is -2.36. The minimum Gasteiger partial charge on any atom is -0.433 e. The number of ether oxygens (including phenoxy) is 1. The number of nitrogens with zero attached hydrogens (tertiary/aromatic N) is 1. The van der Waals surface area contributed by atoms with Crippen LogP contribution >= 0.6 is 11.8 Å². The molecule has 0 fully saturated rings. The van der Waals surface area contributed by atoms with Gasteiger partial charge in [0.25, 0.3) is 0 Å². The largest absolute Gasteiger partial charge is 0.433 e. The number of benzene rings is 2. The maximum atomic E-state index is 13.6. The standard InChI is InChI=1S/C19H18F3NO2S/c20-14-7-1-2-9-16(14)26-12-10-17(24)23-11-4-6-13-5-3-8-15(18(13)23)25-19(21)22/h1-3,5,7-9,19H,4,6,10-12H2. The average molecular weight is 381 g/mol. The molecule has 3 nitrogen and oxygen atoms in total. The van der Waals surface area contributed by atoms with Gasteiger partial charge in [-0.15, -0.1) is 11.8 Å². The summed E-state index contributed by atoms with van der Waals surface area (Å²) in [5, 5.41) is 0. The van der Waals surface area contributed by atoms with Crippen molar-refractivity contribution in [3.8, 4) is 5.75 Å². The van der Waals surface area contributed by atoms with E-state index >= 15 is 0 Å². The normalized spacial score (nSPS) is 13.6. The monoisotopic (exact) mass is 381 g/mol. The molecular formula is C19H18F3NO2S. The van der Waals surface area contributed by atoms with Crippen molar-refractivity contribution in [2.24, 2.45) is 0 Å². The maximum absolute atomic E-state index is 13.6. The van der Waals surface area contributed by atoms with E-state index in [0.29, 0.717) is 29.3 Å². The van der Waals surface area contributed by atoms with Crippen molar-refractivity contribution in [2.45, 2.75) is 30.8 Å². The molecule has 1 aliphatic heterocycles. The van der Waals surface area contributed by atoms with Gasteiger partial charge in [-0.3, -0.25) is 4.79 Å². The molecule has 0 aliphatic carbocycles. The number of para-hydroxylation sites is 1. The fourth-order valence-corrected chi connectivity index (χ4v) is 3.88. The third kappa shape index (κ3) is 4.33. The average Bonchev–Trinajstić information content (AvgIpc) is 2.62. The van der Waals surface area contributed by atoms with E-state index in [-0.39, 0.29) is 23.9 Å². The number of hydrogen-bond donors (Lipinski definition) is 0. The first-order valence-electron chi connectivity index (χ1n) is 8.30. The Balaban J connectivity index is 1.70. The van der Waals surface area contributed by atoms with Crippen molar-refractivity contribution in [3.05, 3.63) is 53.8 Å². The van der Waals surface area contributed by atoms with Crippen LogP contribution in [0.5, 0.6) is 5.75 Å². The van der Waals surface area contributed by atoms with Crippen LogP contribution in [0.2, 0.25) is 0 Å². The van der Waals surface area contributed by atoms with Crippen LogP contribution < -0.4 is 9.64 Å². The van der Waals surface area contributed by atoms with Gasteiger partial charge < -0.3 is 9.64 Å². The smallest absolute Gasteiger partial charge is 0.387 e. The highest BCUT2D eigenvalue weighted by Gasteiger charge is 2.26. The Kier molecular flexibility index (Phi) is 6.08. The Morgan fingerprint density at radius 2 is 2.00 bits per heavy atom. The molecule has 2 aromatic rings. The van der Waals surface area contributed by atoms with Gasteiger partial charge in [-0.2, -0.15) is 8.78 Å². The van der Waals surface area contributed by atoms with Crippen LogP contribution in [0, 0.1) is 5.82 Å². The Hall–Kier alpha value is -2.15. The van der Waals surface area contributed by atoms with E-state index in [9.17, 15) is 18.0 Å². The second-order valence-corrected chi connectivity index (χ2v) is 6.96. The lowest BCUT2D eigenvalue weighted by atomic mass is 10.0. The molecule has 138 valence electrons. The molecule has 0 atom stereocenters. The van der Waals surface area contributed by atoms with Gasteiger partial charge >= 0.3 is 6.61 Å². The number of alkyl halides is 2. The summed E-state index contributed by atoms with van der Waals surface area (Å²) in [5.41, 5.74) is 1.25. The summed E-state index contributed by atoms with van der Waals surface area (Å²) < 4.78 is 43.6. The van der Waals surface area contributed by atoms with Crippen molar-refractivity contribution in [3.63, 3.8) is 0 Å². The lowest BCUT2D eigenvalue weighted by Gasteiger charge is -2.31. The van der Waals surface area contributed by atoms with E-state index in [4.69, 9.17) is 0 Å². The molecule has 0 N–H and O–H groups in total. The topological polar surface area (TPSA) is 29.5 Å². The number of halogens is 3. The summed E-state index contributed by atoms with van der Waals surface area (Å²) in [6, 6.07) is 11.3. The second-order valence-electron chi connectivity index (χ2n) is 5.82. The van der Waals surface area contributed by atoms with Crippen molar-refractivity contribution in [2.75, 3.05) is 17.2 Å². The van der Waals surface area contributed by atoms with E-state index in [0.717, 1.165) is 12.0 Å². The molecule has 0 saturated carbocycles. The molecule has 0 saturated heterocycles. The van der Waals surface area contributed by atoms with Gasteiger partial charge in [-0.1, -0.05) is 24.3 Å². The van der Waals surface area contributed by atoms with Gasteiger partial charge in [0.15, 0.2) is 0 Å². The maximum Gasteiger partial charge on any atom is 0.387 e. The Morgan fingerprint density at radius 3 is 2.77 bits per heavy atom. The minimum absolute atomic E-state index is 0.0207. The summed E-state index contributed by atoms with van der Waals surface area (Å²) >= 11 is 1.26. The van der Waals surface area contributed by atoms with E-state index in [2.05, 4.69) is 4.74 Å². The second kappa shape index (κ2) is 8.49. The Bertz CT molecular complexity index is 785. The summed E-state index contributed by atoms with van der Waals surface area (Å²) in [5.74, 6) is -0.0722. The molecule has 7 heteroatoms. The van der Waals surface area contributed by atoms with Crippen molar-refractivity contribution in [1.82, 2.24) is 0 Å². The van der Waals surface area contributed by atoms with Crippen LogP contribution in [0.1, 0.15) is 18.4 Å². The summed E-state index contributed by atoms with van der Waals surface area (Å²) in [4.78, 5) is 14.6. The zero-order valence-electron chi connectivity index (χ0n) is 14.0. The SMILES string of the molecule is O=C(CCSc1ccccc1F)N1CCCc2cccc(OC(F)F)c21. The third-order valence-electron chi connectivity index (χ3n) is 4.11. The van der Waals surface area contributed by atoms with Gasteiger partial charge in [0.05, 0.1) is 5.69 Å². The summed E-state index contributed by atoms with van der Waals surface area (Å²) in [6.07, 6.45) is 1.66. The number of rotatable bonds is 6. The number of hydrogen-bond acceptors (Lipinski definition) is 3. The number of thioether (sulfide) groups is 1. The first-order chi connectivity index (χ1) is 12.6. The van der Waals surface area contributed by atoms with Gasteiger partial charge in [0, 0.05) is 23.6 Å². The molecule has 1 heterocycles. The number of anilines is 1. The quantitative estimate of drug-likeness (QED) is 0.668. The van der Waals surface area contributed by atoms with Crippen LogP contribution in [-0.2, 0) is 11.2 Å². The third-order valence-corrected chi connectivity index (χ3v) is 5.16. The number of aryl methyl sites for hydroxylation is 1. The van der Waals surface area contributed by atoms with Crippen LogP contribution in [0.4, 0.5) is 18.9 Å². The van der Waals surface area contributed by atoms with E-state index in [1.54, 1.807) is 24.3 Å². The number of fused-ring (bicyclic) bond motifs is 1. The van der Waals surface area contributed by atoms with Crippen LogP contribution in [0.15, 0.2) is 47.4 Å². The Morgan fingerprint density at radius 1 is 1.19 bits per heavy atom. The fourth-order valence-electron chi connectivity index (χ4n) is 3.00. The van der Waals surface area contributed by atoms with Gasteiger partial charge in [-0.25, -0.2) is 4.39 Å². The lowest BCUT2D eigenvalue weighted by molar-refractivity contribution is -0.118. The Labute approximate surface area is 154 Å². The molecule has 1 amide bonds. The number of carbonyl (C=O) groups excluding carboxylic acids is 1. The highest BCUT2D eigenvalue weighted by atomic mass is 32.2.